The number of nitrogens with one attached hydrogen (secondary N) is 2. The van der Waals surface area contributed by atoms with Crippen molar-refractivity contribution in [2.45, 2.75) is 26.4 Å². The summed E-state index contributed by atoms with van der Waals surface area (Å²) in [6.45, 7) is 4.06. The predicted octanol–water partition coefficient (Wildman–Crippen LogP) is 3.46. The summed E-state index contributed by atoms with van der Waals surface area (Å²) in [7, 11) is 0. The van der Waals surface area contributed by atoms with Gasteiger partial charge in [0.25, 0.3) is 5.91 Å². The van der Waals surface area contributed by atoms with Crippen LogP contribution in [0.1, 0.15) is 29.9 Å². The first-order valence-electron chi connectivity index (χ1n) is 9.15. The lowest BCUT2D eigenvalue weighted by Crippen LogP contribution is -2.49. The van der Waals surface area contributed by atoms with Crippen molar-refractivity contribution in [2.75, 3.05) is 0 Å². The summed E-state index contributed by atoms with van der Waals surface area (Å²) in [5.41, 5.74) is 1.63. The summed E-state index contributed by atoms with van der Waals surface area (Å²) >= 11 is 6.16. The van der Waals surface area contributed by atoms with Gasteiger partial charge in [-0.25, -0.2) is 0 Å². The molecule has 2 N–H and O–H groups in total. The Morgan fingerprint density at radius 1 is 1.14 bits per heavy atom. The lowest BCUT2D eigenvalue weighted by Gasteiger charge is -2.21. The molecule has 0 aliphatic rings. The fourth-order valence-corrected chi connectivity index (χ4v) is 2.95. The number of benzene rings is 1. The molecule has 0 saturated heterocycles. The van der Waals surface area contributed by atoms with E-state index in [1.54, 1.807) is 30.6 Å². The van der Waals surface area contributed by atoms with Gasteiger partial charge in [0, 0.05) is 30.6 Å². The molecule has 0 aliphatic carbocycles. The van der Waals surface area contributed by atoms with Crippen molar-refractivity contribution in [3.63, 3.8) is 0 Å². The fraction of sp³-hybridized carbons (Fsp3) is 0.238. The summed E-state index contributed by atoms with van der Waals surface area (Å²) < 4.78 is 5.26. The first-order chi connectivity index (χ1) is 14.0. The van der Waals surface area contributed by atoms with E-state index in [-0.39, 0.29) is 17.5 Å². The highest BCUT2D eigenvalue weighted by Gasteiger charge is 2.26. The first-order valence-corrected chi connectivity index (χ1v) is 9.52. The number of carbonyl (C=O) groups excluding carboxylic acids is 2. The Morgan fingerprint density at radius 2 is 1.86 bits per heavy atom. The Morgan fingerprint density at radius 3 is 2.55 bits per heavy atom. The summed E-state index contributed by atoms with van der Waals surface area (Å²) in [4.78, 5) is 29.2. The normalized spacial score (nSPS) is 11.9. The van der Waals surface area contributed by atoms with E-state index in [2.05, 4.69) is 20.8 Å². The van der Waals surface area contributed by atoms with Crippen LogP contribution in [0.3, 0.4) is 0 Å². The average molecular weight is 413 g/mol. The van der Waals surface area contributed by atoms with Gasteiger partial charge in [-0.15, -0.1) is 0 Å². The summed E-state index contributed by atoms with van der Waals surface area (Å²) in [5.74, 6) is -0.514. The number of halogens is 1. The molecule has 150 valence electrons. The molecule has 0 fully saturated rings. The van der Waals surface area contributed by atoms with E-state index < -0.39 is 11.9 Å². The Hall–Kier alpha value is -3.19. The summed E-state index contributed by atoms with van der Waals surface area (Å²) in [6.07, 6.45) is 3.31. The van der Waals surface area contributed by atoms with Gasteiger partial charge in [0.15, 0.2) is 11.5 Å². The van der Waals surface area contributed by atoms with Crippen molar-refractivity contribution >= 4 is 23.4 Å². The first kappa shape index (κ1) is 20.5. The summed E-state index contributed by atoms with van der Waals surface area (Å²) in [5, 5.41) is 9.87. The Balaban J connectivity index is 1.67. The number of hydrogen-bond acceptors (Lipinski definition) is 5. The second kappa shape index (κ2) is 9.34. The molecule has 3 aromatic rings. The SMILES string of the molecule is CC(C)C(NC(=O)c1cc(-c2ccccc2Cl)on1)C(=O)NCc1ccncc1. The lowest BCUT2D eigenvalue weighted by atomic mass is 10.0. The Bertz CT molecular complexity index is 988. The second-order valence-electron chi connectivity index (χ2n) is 6.82. The molecular formula is C21H21ClN4O3. The third kappa shape index (κ3) is 5.20. The van der Waals surface area contributed by atoms with E-state index in [4.69, 9.17) is 16.1 Å². The van der Waals surface area contributed by atoms with Gasteiger partial charge in [0.1, 0.15) is 6.04 Å². The van der Waals surface area contributed by atoms with Crippen molar-refractivity contribution in [1.29, 1.82) is 0 Å². The van der Waals surface area contributed by atoms with Crippen LogP contribution in [0.15, 0.2) is 59.4 Å². The molecule has 1 unspecified atom stereocenters. The maximum absolute atomic E-state index is 12.6. The van der Waals surface area contributed by atoms with Crippen molar-refractivity contribution in [2.24, 2.45) is 5.92 Å². The molecular weight excluding hydrogens is 392 g/mol. The van der Waals surface area contributed by atoms with Crippen LogP contribution >= 0.6 is 11.6 Å². The van der Waals surface area contributed by atoms with E-state index in [1.165, 1.54) is 6.07 Å². The van der Waals surface area contributed by atoms with E-state index in [9.17, 15) is 9.59 Å². The van der Waals surface area contributed by atoms with Gasteiger partial charge >= 0.3 is 0 Å². The zero-order valence-electron chi connectivity index (χ0n) is 16.1. The quantitative estimate of drug-likeness (QED) is 0.619. The van der Waals surface area contributed by atoms with Gasteiger partial charge in [-0.2, -0.15) is 0 Å². The lowest BCUT2D eigenvalue weighted by molar-refractivity contribution is -0.124. The average Bonchev–Trinajstić information content (AvgIpc) is 3.21. The molecule has 7 nitrogen and oxygen atoms in total. The monoisotopic (exact) mass is 412 g/mol. The summed E-state index contributed by atoms with van der Waals surface area (Å²) in [6, 6.07) is 11.5. The third-order valence-corrected chi connectivity index (χ3v) is 4.66. The van der Waals surface area contributed by atoms with E-state index >= 15 is 0 Å². The number of hydrogen-bond donors (Lipinski definition) is 2. The zero-order valence-corrected chi connectivity index (χ0v) is 16.8. The van der Waals surface area contributed by atoms with Crippen LogP contribution in [0, 0.1) is 5.92 Å². The van der Waals surface area contributed by atoms with Crippen molar-refractivity contribution in [3.05, 3.63) is 71.1 Å². The standard InChI is InChI=1S/C21H21ClN4O3/c1-13(2)19(21(28)24-12-14-7-9-23-10-8-14)25-20(27)17-11-18(29-26-17)15-5-3-4-6-16(15)22/h3-11,13,19H,12H2,1-2H3,(H,24,28)(H,25,27). The number of carbonyl (C=O) groups is 2. The molecule has 3 rings (SSSR count). The van der Waals surface area contributed by atoms with Gasteiger partial charge in [0.05, 0.1) is 5.02 Å². The highest BCUT2D eigenvalue weighted by atomic mass is 35.5. The van der Waals surface area contributed by atoms with Gasteiger partial charge in [0.2, 0.25) is 5.91 Å². The van der Waals surface area contributed by atoms with Gasteiger partial charge in [-0.1, -0.05) is 42.7 Å². The predicted molar refractivity (Wildman–Crippen MR) is 109 cm³/mol. The highest BCUT2D eigenvalue weighted by molar-refractivity contribution is 6.33. The molecule has 1 atom stereocenters. The molecule has 2 aromatic heterocycles. The number of amides is 2. The minimum atomic E-state index is -0.718. The van der Waals surface area contributed by atoms with Gasteiger partial charge in [-0.05, 0) is 35.7 Å². The highest BCUT2D eigenvalue weighted by Crippen LogP contribution is 2.27. The molecule has 0 spiro atoms. The number of aromatic nitrogens is 2. The number of rotatable bonds is 7. The minimum absolute atomic E-state index is 0.0764. The largest absolute Gasteiger partial charge is 0.355 e. The smallest absolute Gasteiger partial charge is 0.274 e. The van der Waals surface area contributed by atoms with Crippen molar-refractivity contribution < 1.29 is 14.1 Å². The van der Waals surface area contributed by atoms with Crippen LogP contribution in [0.2, 0.25) is 5.02 Å². The molecule has 2 amide bonds. The van der Waals surface area contributed by atoms with Crippen LogP contribution in [0.5, 0.6) is 0 Å². The molecule has 0 aliphatic heterocycles. The minimum Gasteiger partial charge on any atom is -0.355 e. The van der Waals surface area contributed by atoms with Crippen molar-refractivity contribution in [3.8, 4) is 11.3 Å². The van der Waals surface area contributed by atoms with Crippen LogP contribution in [0.25, 0.3) is 11.3 Å². The molecule has 1 aromatic carbocycles. The molecule has 29 heavy (non-hydrogen) atoms. The fourth-order valence-electron chi connectivity index (χ4n) is 2.72. The molecule has 0 radical (unpaired) electrons. The van der Waals surface area contributed by atoms with Crippen LogP contribution in [0.4, 0.5) is 0 Å². The van der Waals surface area contributed by atoms with E-state index in [1.807, 2.05) is 32.0 Å². The van der Waals surface area contributed by atoms with Crippen LogP contribution in [-0.2, 0) is 11.3 Å². The van der Waals surface area contributed by atoms with E-state index in [0.717, 1.165) is 5.56 Å². The van der Waals surface area contributed by atoms with Crippen molar-refractivity contribution in [1.82, 2.24) is 20.8 Å². The second-order valence-corrected chi connectivity index (χ2v) is 7.23. The van der Waals surface area contributed by atoms with Crippen LogP contribution < -0.4 is 10.6 Å². The topological polar surface area (TPSA) is 97.1 Å². The van der Waals surface area contributed by atoms with Gasteiger partial charge in [-0.3, -0.25) is 14.6 Å². The molecule has 0 saturated carbocycles. The molecule has 8 heteroatoms. The molecule has 0 bridgehead atoms. The van der Waals surface area contributed by atoms with Crippen LogP contribution in [-0.4, -0.2) is 28.0 Å². The maximum atomic E-state index is 12.6. The van der Waals surface area contributed by atoms with E-state index in [0.29, 0.717) is 22.9 Å². The molecule has 2 heterocycles. The zero-order chi connectivity index (χ0) is 20.8. The number of pyridine rings is 1. The third-order valence-electron chi connectivity index (χ3n) is 4.33. The number of nitrogens with zero attached hydrogens (tertiary/aromatic N) is 2. The Kier molecular flexibility index (Phi) is 6.61. The maximum Gasteiger partial charge on any atom is 0.274 e. The Labute approximate surface area is 173 Å². The van der Waals surface area contributed by atoms with Gasteiger partial charge < -0.3 is 15.2 Å².